The minimum atomic E-state index is -3.93. The minimum absolute atomic E-state index is 0.0209. The smallest absolute Gasteiger partial charge is 0.246 e. The van der Waals surface area contributed by atoms with Gasteiger partial charge >= 0.3 is 0 Å². The summed E-state index contributed by atoms with van der Waals surface area (Å²) >= 11 is 1.55. The number of carbonyl (C=O) groups is 4. The lowest BCUT2D eigenvalue weighted by Crippen LogP contribution is -2.57. The van der Waals surface area contributed by atoms with Gasteiger partial charge in [0.05, 0.1) is 45.8 Å². The van der Waals surface area contributed by atoms with Gasteiger partial charge in [-0.1, -0.05) is 64.1 Å². The molecule has 3 atom stereocenters. The Morgan fingerprint density at radius 2 is 1.78 bits per heavy atom. The second-order valence-corrected chi connectivity index (χ2v) is 20.5. The summed E-state index contributed by atoms with van der Waals surface area (Å²) in [6.45, 7) is 9.34. The number of hydrogen-bond acceptors (Lipinski definition) is 11. The molecule has 0 bridgehead atoms. The van der Waals surface area contributed by atoms with Crippen LogP contribution >= 0.6 is 11.3 Å². The number of benzene rings is 3. The van der Waals surface area contributed by atoms with E-state index in [0.717, 1.165) is 33.8 Å². The summed E-state index contributed by atoms with van der Waals surface area (Å²) in [5, 5.41) is 16.7. The van der Waals surface area contributed by atoms with Crippen LogP contribution in [0.25, 0.3) is 32.6 Å². The normalized spacial score (nSPS) is 15.6. The highest BCUT2D eigenvalue weighted by atomic mass is 32.2. The number of nitrogens with one attached hydrogen (secondary N) is 4. The van der Waals surface area contributed by atoms with Crippen molar-refractivity contribution in [3.05, 3.63) is 119 Å². The number of aliphatic hydroxyl groups is 1. The number of ether oxygens (including phenoxy) is 1. The number of aromatic amines is 1. The first-order chi connectivity index (χ1) is 32.3. The van der Waals surface area contributed by atoms with Crippen molar-refractivity contribution >= 4 is 61.6 Å². The Bertz CT molecular complexity index is 2950. The van der Waals surface area contributed by atoms with Gasteiger partial charge < -0.3 is 30.4 Å². The van der Waals surface area contributed by atoms with E-state index in [0.29, 0.717) is 16.9 Å². The van der Waals surface area contributed by atoms with E-state index >= 15 is 8.78 Å². The zero-order valence-electron chi connectivity index (χ0n) is 38.2. The number of aliphatic hydroxyl groups excluding tert-OH is 1. The fraction of sp³-hybridized carbons (Fsp3) is 0.347. The van der Waals surface area contributed by atoms with Gasteiger partial charge in [-0.15, -0.1) is 11.3 Å². The van der Waals surface area contributed by atoms with Gasteiger partial charge in [-0.3, -0.25) is 23.9 Å². The lowest BCUT2D eigenvalue weighted by Gasteiger charge is -2.35. The van der Waals surface area contributed by atoms with Gasteiger partial charge in [-0.25, -0.2) is 27.2 Å². The number of thiazole rings is 1. The van der Waals surface area contributed by atoms with E-state index in [1.807, 2.05) is 52.0 Å². The van der Waals surface area contributed by atoms with Crippen molar-refractivity contribution in [2.45, 2.75) is 85.0 Å². The Kier molecular flexibility index (Phi) is 15.1. The van der Waals surface area contributed by atoms with Crippen LogP contribution in [0.1, 0.15) is 80.6 Å². The summed E-state index contributed by atoms with van der Waals surface area (Å²) in [5.41, 5.74) is 3.81. The molecule has 1 aliphatic heterocycles. The molecule has 3 aromatic heterocycles. The average Bonchev–Trinajstić information content (AvgIpc) is 4.04. The van der Waals surface area contributed by atoms with Crippen molar-refractivity contribution in [2.24, 2.45) is 5.41 Å². The number of H-pyrrole nitrogens is 1. The number of halogens is 2. The summed E-state index contributed by atoms with van der Waals surface area (Å²) in [6.07, 6.45) is 2.56. The Labute approximate surface area is 396 Å². The summed E-state index contributed by atoms with van der Waals surface area (Å²) in [7, 11) is -3.93. The Hall–Kier alpha value is -6.57. The van der Waals surface area contributed by atoms with Gasteiger partial charge in [-0.2, -0.15) is 0 Å². The van der Waals surface area contributed by atoms with E-state index in [-0.39, 0.29) is 67.7 Å². The molecule has 358 valence electrons. The number of likely N-dealkylation sites (tertiary alicyclic amines) is 1. The van der Waals surface area contributed by atoms with Gasteiger partial charge in [-0.05, 0) is 72.2 Å². The Balaban J connectivity index is 0.947. The van der Waals surface area contributed by atoms with E-state index < -0.39 is 80.0 Å². The number of fused-ring (bicyclic) bond motifs is 1. The molecule has 1 aliphatic rings. The SMILES string of the molecule is CCCS(=O)(=O)Nc1ccc(F)c(C(=O)c2c[nH]c3ncc(-c4cccc(OCCCC(=O)N[C@H](C(=O)N5C[C@H](O)C[C@H]5C(=O)NCc5ccc(-c6scnc6C)cc5)C(C)(C)C)c4)cc23)c1F. The Morgan fingerprint density at radius 1 is 1.01 bits per heavy atom. The number of aromatic nitrogens is 3. The molecular formula is C49H53F2N7O8S2. The molecule has 1 saturated heterocycles. The molecule has 3 aromatic carbocycles. The number of nitrogens with zero attached hydrogens (tertiary/aromatic N) is 3. The zero-order valence-corrected chi connectivity index (χ0v) is 39.8. The number of β-amino-alcohol motifs (C(OH)–C–C–N with tert-alkyl or cyclic N) is 1. The van der Waals surface area contributed by atoms with Crippen LogP contribution in [0.5, 0.6) is 5.75 Å². The zero-order chi connectivity index (χ0) is 48.9. The van der Waals surface area contributed by atoms with Crippen LogP contribution in [0.2, 0.25) is 0 Å². The van der Waals surface area contributed by atoms with Crippen molar-refractivity contribution in [1.82, 2.24) is 30.5 Å². The van der Waals surface area contributed by atoms with Crippen LogP contribution in [0.15, 0.2) is 84.6 Å². The molecule has 6 aromatic rings. The van der Waals surface area contributed by atoms with Gasteiger partial charge in [0.2, 0.25) is 33.5 Å². The fourth-order valence-electron chi connectivity index (χ4n) is 8.01. The van der Waals surface area contributed by atoms with E-state index in [4.69, 9.17) is 4.74 Å². The minimum Gasteiger partial charge on any atom is -0.494 e. The molecule has 5 N–H and O–H groups in total. The molecule has 15 nitrogen and oxygen atoms in total. The Morgan fingerprint density at radius 3 is 2.49 bits per heavy atom. The number of ketones is 1. The van der Waals surface area contributed by atoms with Crippen LogP contribution < -0.4 is 20.1 Å². The monoisotopic (exact) mass is 969 g/mol. The van der Waals surface area contributed by atoms with E-state index in [9.17, 15) is 32.7 Å². The molecule has 0 aliphatic carbocycles. The topological polar surface area (TPSA) is 213 Å². The number of hydrogen-bond donors (Lipinski definition) is 5. The van der Waals surface area contributed by atoms with Gasteiger partial charge in [0.15, 0.2) is 5.82 Å². The van der Waals surface area contributed by atoms with Crippen LogP contribution in [0, 0.1) is 24.0 Å². The van der Waals surface area contributed by atoms with Crippen molar-refractivity contribution in [3.63, 3.8) is 0 Å². The van der Waals surface area contributed by atoms with Crippen molar-refractivity contribution in [1.29, 1.82) is 0 Å². The van der Waals surface area contributed by atoms with E-state index in [2.05, 4.69) is 30.3 Å². The molecule has 0 spiro atoms. The number of pyridine rings is 1. The molecule has 68 heavy (non-hydrogen) atoms. The maximum atomic E-state index is 15.6. The van der Waals surface area contributed by atoms with Crippen LogP contribution in [-0.4, -0.2) is 94.0 Å². The molecule has 4 heterocycles. The highest BCUT2D eigenvalue weighted by molar-refractivity contribution is 7.92. The number of anilines is 1. The van der Waals surface area contributed by atoms with E-state index in [1.165, 1.54) is 11.1 Å². The molecular weight excluding hydrogens is 917 g/mol. The van der Waals surface area contributed by atoms with E-state index in [1.54, 1.807) is 60.3 Å². The first kappa shape index (κ1) is 49.3. The maximum Gasteiger partial charge on any atom is 0.246 e. The summed E-state index contributed by atoms with van der Waals surface area (Å²) in [6, 6.07) is 16.2. The lowest BCUT2D eigenvalue weighted by atomic mass is 9.85. The highest BCUT2D eigenvalue weighted by Crippen LogP contribution is 2.32. The third kappa shape index (κ3) is 11.4. The molecule has 0 radical (unpaired) electrons. The number of rotatable bonds is 18. The summed E-state index contributed by atoms with van der Waals surface area (Å²) in [5.74, 6) is -4.61. The van der Waals surface area contributed by atoms with Crippen LogP contribution in [0.4, 0.5) is 14.5 Å². The largest absolute Gasteiger partial charge is 0.494 e. The molecule has 19 heteroatoms. The average molecular weight is 970 g/mol. The molecule has 3 amide bonds. The van der Waals surface area contributed by atoms with Crippen molar-refractivity contribution < 1.29 is 46.2 Å². The number of amides is 3. The molecule has 1 fully saturated rings. The highest BCUT2D eigenvalue weighted by Gasteiger charge is 2.44. The summed E-state index contributed by atoms with van der Waals surface area (Å²) < 4.78 is 63.3. The lowest BCUT2D eigenvalue weighted by molar-refractivity contribution is -0.144. The second-order valence-electron chi connectivity index (χ2n) is 17.8. The quantitative estimate of drug-likeness (QED) is 0.0429. The predicted molar refractivity (Wildman–Crippen MR) is 255 cm³/mol. The number of carbonyl (C=O) groups excluding carboxylic acids is 4. The third-order valence-electron chi connectivity index (χ3n) is 11.5. The number of aryl methyl sites for hydroxylation is 1. The van der Waals surface area contributed by atoms with Gasteiger partial charge in [0.25, 0.3) is 0 Å². The third-order valence-corrected chi connectivity index (χ3v) is 14.0. The standard InChI is InChI=1S/C49H53F2N7O8S2/c1-6-19-68(64,65)57-38-17-16-37(50)41(42(38)51)43(61)36-25-53-46-35(36)21-32(24-52-46)31-9-7-10-34(20-31)66-18-8-11-40(60)56-45(49(3,4)5)48(63)58-26-33(59)22-39(58)47(62)54-23-29-12-14-30(15-13-29)44-28(2)55-27-67-44/h7,9-10,12-17,20-21,24-25,27,33,39,45,57,59H,6,8,11,18-19,22-23,26H2,1-5H3,(H,52,53)(H,54,62)(H,56,60)/t33-,39+,45-/m1/s1. The van der Waals surface area contributed by atoms with Crippen LogP contribution in [-0.2, 0) is 31.0 Å². The molecule has 0 saturated carbocycles. The van der Waals surface area contributed by atoms with Crippen molar-refractivity contribution in [3.8, 4) is 27.3 Å². The second kappa shape index (κ2) is 20.7. The number of sulfonamides is 1. The first-order valence-corrected chi connectivity index (χ1v) is 24.6. The summed E-state index contributed by atoms with van der Waals surface area (Å²) in [4.78, 5) is 68.6. The first-order valence-electron chi connectivity index (χ1n) is 22.1. The van der Waals surface area contributed by atoms with Gasteiger partial charge in [0, 0.05) is 54.8 Å². The van der Waals surface area contributed by atoms with Gasteiger partial charge in [0.1, 0.15) is 29.3 Å². The fourth-order valence-corrected chi connectivity index (χ4v) is 9.96. The maximum absolute atomic E-state index is 15.6. The predicted octanol–water partition coefficient (Wildman–Crippen LogP) is 7.29. The molecule has 0 unspecified atom stereocenters. The van der Waals surface area contributed by atoms with Crippen LogP contribution in [0.3, 0.4) is 0 Å². The van der Waals surface area contributed by atoms with Crippen molar-refractivity contribution in [2.75, 3.05) is 23.6 Å². The molecule has 7 rings (SSSR count).